The minimum Gasteiger partial charge on any atom is -0.331 e. The quantitative estimate of drug-likeness (QED) is 0.835. The summed E-state index contributed by atoms with van der Waals surface area (Å²) in [5, 5.41) is 2.45. The average molecular weight is 360 g/mol. The van der Waals surface area contributed by atoms with E-state index in [0.29, 0.717) is 24.2 Å². The van der Waals surface area contributed by atoms with Gasteiger partial charge in [-0.3, -0.25) is 9.59 Å². The van der Waals surface area contributed by atoms with Crippen molar-refractivity contribution in [1.29, 1.82) is 0 Å². The summed E-state index contributed by atoms with van der Waals surface area (Å²) in [4.78, 5) is 26.5. The van der Waals surface area contributed by atoms with E-state index in [4.69, 9.17) is 0 Å². The minimum atomic E-state index is -4.65. The van der Waals surface area contributed by atoms with Crippen LogP contribution < -0.4 is 5.32 Å². The topological polar surface area (TPSA) is 49.4 Å². The predicted molar refractivity (Wildman–Crippen MR) is 90.8 cm³/mol. The highest BCUT2D eigenvalue weighted by Gasteiger charge is 2.35. The molecule has 0 bridgehead atoms. The fourth-order valence-electron chi connectivity index (χ4n) is 2.95. The molecule has 0 spiro atoms. The van der Waals surface area contributed by atoms with Gasteiger partial charge in [0.15, 0.2) is 0 Å². The normalized spacial score (nSPS) is 13.5. The SMILES string of the molecule is C=CCN1Cc2cccc(NC(=O)c3ccccc3C(F)(F)F)c2C1=O. The van der Waals surface area contributed by atoms with Crippen molar-refractivity contribution in [2.75, 3.05) is 11.9 Å². The zero-order valence-electron chi connectivity index (χ0n) is 13.6. The molecule has 0 aliphatic carbocycles. The summed E-state index contributed by atoms with van der Waals surface area (Å²) in [6.45, 7) is 4.30. The Bertz CT molecular complexity index is 891. The summed E-state index contributed by atoms with van der Waals surface area (Å²) >= 11 is 0. The number of carbonyl (C=O) groups is 2. The fraction of sp³-hybridized carbons (Fsp3) is 0.158. The molecule has 26 heavy (non-hydrogen) atoms. The maximum absolute atomic E-state index is 13.1. The number of amides is 2. The second-order valence-corrected chi connectivity index (χ2v) is 5.81. The highest BCUT2D eigenvalue weighted by atomic mass is 19.4. The molecule has 1 aliphatic heterocycles. The zero-order chi connectivity index (χ0) is 18.9. The van der Waals surface area contributed by atoms with Crippen molar-refractivity contribution < 1.29 is 22.8 Å². The third-order valence-corrected chi connectivity index (χ3v) is 4.09. The molecule has 0 unspecified atom stereocenters. The number of anilines is 1. The van der Waals surface area contributed by atoms with Crippen molar-refractivity contribution in [1.82, 2.24) is 4.90 Å². The first kappa shape index (κ1) is 17.7. The lowest BCUT2D eigenvalue weighted by atomic mass is 10.0. The maximum Gasteiger partial charge on any atom is 0.417 e. The van der Waals surface area contributed by atoms with E-state index < -0.39 is 23.2 Å². The molecule has 0 radical (unpaired) electrons. The number of hydrogen-bond acceptors (Lipinski definition) is 2. The smallest absolute Gasteiger partial charge is 0.331 e. The molecule has 1 N–H and O–H groups in total. The van der Waals surface area contributed by atoms with Crippen LogP contribution in [-0.4, -0.2) is 23.3 Å². The Morgan fingerprint density at radius 3 is 2.62 bits per heavy atom. The van der Waals surface area contributed by atoms with Crippen LogP contribution >= 0.6 is 0 Å². The molecule has 0 aromatic heterocycles. The van der Waals surface area contributed by atoms with Crippen LogP contribution in [0, 0.1) is 0 Å². The number of halogens is 3. The Kier molecular flexibility index (Phi) is 4.54. The Hall–Kier alpha value is -3.09. The van der Waals surface area contributed by atoms with Crippen LogP contribution in [0.3, 0.4) is 0 Å². The second kappa shape index (κ2) is 6.67. The molecule has 2 amide bonds. The maximum atomic E-state index is 13.1. The van der Waals surface area contributed by atoms with Crippen LogP contribution in [0.15, 0.2) is 55.1 Å². The van der Waals surface area contributed by atoms with Crippen molar-refractivity contribution in [3.05, 3.63) is 77.4 Å². The standard InChI is InChI=1S/C19H15F3N2O2/c1-2-10-24-11-12-6-5-9-15(16(12)18(24)26)23-17(25)13-7-3-4-8-14(13)19(20,21)22/h2-9H,1,10-11H2,(H,23,25). The minimum absolute atomic E-state index is 0.195. The summed E-state index contributed by atoms with van der Waals surface area (Å²) in [7, 11) is 0. The Morgan fingerprint density at radius 1 is 1.19 bits per heavy atom. The average Bonchev–Trinajstić information content (AvgIpc) is 2.91. The Balaban J connectivity index is 1.93. The number of hydrogen-bond donors (Lipinski definition) is 1. The van der Waals surface area contributed by atoms with Gasteiger partial charge in [0.1, 0.15) is 0 Å². The van der Waals surface area contributed by atoms with Crippen molar-refractivity contribution in [2.24, 2.45) is 0 Å². The van der Waals surface area contributed by atoms with Gasteiger partial charge in [-0.15, -0.1) is 6.58 Å². The van der Waals surface area contributed by atoms with Crippen LogP contribution in [-0.2, 0) is 12.7 Å². The lowest BCUT2D eigenvalue weighted by molar-refractivity contribution is -0.137. The molecular weight excluding hydrogens is 345 g/mol. The molecular formula is C19H15F3N2O2. The second-order valence-electron chi connectivity index (χ2n) is 5.81. The third-order valence-electron chi connectivity index (χ3n) is 4.09. The third kappa shape index (κ3) is 3.20. The highest BCUT2D eigenvalue weighted by molar-refractivity contribution is 6.11. The van der Waals surface area contributed by atoms with E-state index in [9.17, 15) is 22.8 Å². The first-order chi connectivity index (χ1) is 12.3. The summed E-state index contributed by atoms with van der Waals surface area (Å²) in [6, 6.07) is 9.42. The van der Waals surface area contributed by atoms with Crippen molar-refractivity contribution >= 4 is 17.5 Å². The summed E-state index contributed by atoms with van der Waals surface area (Å²) in [5.74, 6) is -1.21. The Labute approximate surface area is 147 Å². The first-order valence-corrected chi connectivity index (χ1v) is 7.82. The highest BCUT2D eigenvalue weighted by Crippen LogP contribution is 2.33. The fourth-order valence-corrected chi connectivity index (χ4v) is 2.95. The van der Waals surface area contributed by atoms with Gasteiger partial charge in [-0.2, -0.15) is 13.2 Å². The van der Waals surface area contributed by atoms with Gasteiger partial charge in [-0.05, 0) is 23.8 Å². The van der Waals surface area contributed by atoms with Crippen LogP contribution in [0.5, 0.6) is 0 Å². The van der Waals surface area contributed by atoms with Gasteiger partial charge in [-0.25, -0.2) is 0 Å². The number of carbonyl (C=O) groups excluding carboxylic acids is 2. The monoisotopic (exact) mass is 360 g/mol. The van der Waals surface area contributed by atoms with Gasteiger partial charge in [0.05, 0.1) is 22.4 Å². The van der Waals surface area contributed by atoms with Gasteiger partial charge in [0.2, 0.25) is 0 Å². The van der Waals surface area contributed by atoms with Crippen LogP contribution in [0.25, 0.3) is 0 Å². The number of alkyl halides is 3. The van der Waals surface area contributed by atoms with Gasteiger partial charge >= 0.3 is 6.18 Å². The summed E-state index contributed by atoms with van der Waals surface area (Å²) < 4.78 is 39.3. The molecule has 7 heteroatoms. The molecule has 0 saturated heterocycles. The van der Waals surface area contributed by atoms with E-state index >= 15 is 0 Å². The van der Waals surface area contributed by atoms with Crippen molar-refractivity contribution in [3.8, 4) is 0 Å². The van der Waals surface area contributed by atoms with Crippen molar-refractivity contribution in [2.45, 2.75) is 12.7 Å². The molecule has 0 fully saturated rings. The molecule has 0 saturated carbocycles. The lowest BCUT2D eigenvalue weighted by Crippen LogP contribution is -2.24. The van der Waals surface area contributed by atoms with E-state index in [-0.39, 0.29) is 11.6 Å². The zero-order valence-corrected chi connectivity index (χ0v) is 13.6. The van der Waals surface area contributed by atoms with E-state index in [1.54, 1.807) is 18.2 Å². The lowest BCUT2D eigenvalue weighted by Gasteiger charge is -2.14. The Morgan fingerprint density at radius 2 is 1.92 bits per heavy atom. The number of fused-ring (bicyclic) bond motifs is 1. The summed E-state index contributed by atoms with van der Waals surface area (Å²) in [5.41, 5.74) is -0.317. The van der Waals surface area contributed by atoms with E-state index in [2.05, 4.69) is 11.9 Å². The largest absolute Gasteiger partial charge is 0.417 e. The van der Waals surface area contributed by atoms with Gasteiger partial charge < -0.3 is 10.2 Å². The number of rotatable bonds is 4. The van der Waals surface area contributed by atoms with Crippen LogP contribution in [0.4, 0.5) is 18.9 Å². The molecule has 2 aromatic rings. The van der Waals surface area contributed by atoms with E-state index in [1.807, 2.05) is 0 Å². The molecule has 4 nitrogen and oxygen atoms in total. The molecule has 1 aliphatic rings. The number of nitrogens with one attached hydrogen (secondary N) is 1. The predicted octanol–water partition coefficient (Wildman–Crippen LogP) is 4.10. The van der Waals surface area contributed by atoms with Crippen LogP contribution in [0.1, 0.15) is 31.8 Å². The molecule has 0 atom stereocenters. The number of nitrogens with zero attached hydrogens (tertiary/aromatic N) is 1. The van der Waals surface area contributed by atoms with E-state index in [1.165, 1.54) is 23.1 Å². The number of benzene rings is 2. The van der Waals surface area contributed by atoms with Gasteiger partial charge in [0.25, 0.3) is 11.8 Å². The van der Waals surface area contributed by atoms with Crippen LogP contribution in [0.2, 0.25) is 0 Å². The molecule has 3 rings (SSSR count). The van der Waals surface area contributed by atoms with Gasteiger partial charge in [-0.1, -0.05) is 30.3 Å². The van der Waals surface area contributed by atoms with Gasteiger partial charge in [0, 0.05) is 13.1 Å². The van der Waals surface area contributed by atoms with E-state index in [0.717, 1.165) is 12.1 Å². The molecule has 134 valence electrons. The first-order valence-electron chi connectivity index (χ1n) is 7.82. The molecule has 1 heterocycles. The molecule has 2 aromatic carbocycles. The summed E-state index contributed by atoms with van der Waals surface area (Å²) in [6.07, 6.45) is -3.06. The van der Waals surface area contributed by atoms with Crippen molar-refractivity contribution in [3.63, 3.8) is 0 Å².